The van der Waals surface area contributed by atoms with Gasteiger partial charge in [-0.2, -0.15) is 0 Å². The minimum atomic E-state index is 0.273. The van der Waals surface area contributed by atoms with E-state index in [1.165, 1.54) is 0 Å². The molecule has 3 heteroatoms. The molecule has 0 aromatic heterocycles. The minimum Gasteiger partial charge on any atom is -0.279 e. The number of aliphatic imine (C=N–C) groups is 2. The highest BCUT2D eigenvalue weighted by atomic mass is 32.2. The average molecular weight is 136 g/mol. The number of dihydropyridines is 1. The molecule has 0 saturated carbocycles. The summed E-state index contributed by atoms with van der Waals surface area (Å²) in [6, 6.07) is 0. The summed E-state index contributed by atoms with van der Waals surface area (Å²) in [5.41, 5.74) is 2.90. The molecule has 0 amide bonds. The molecular formula is C6H4N2S. The van der Waals surface area contributed by atoms with Crippen LogP contribution < -0.4 is 0 Å². The SMILES string of the molecule is [C]1N=CC=C2N=CSC12. The Bertz CT molecular complexity index is 205. The van der Waals surface area contributed by atoms with Crippen molar-refractivity contribution in [3.05, 3.63) is 18.3 Å². The van der Waals surface area contributed by atoms with Gasteiger partial charge in [-0.3, -0.25) is 9.98 Å². The van der Waals surface area contributed by atoms with Gasteiger partial charge in [0, 0.05) is 6.21 Å². The topological polar surface area (TPSA) is 24.7 Å². The molecule has 2 rings (SSSR count). The van der Waals surface area contributed by atoms with Gasteiger partial charge in [0.1, 0.15) is 6.54 Å². The van der Waals surface area contributed by atoms with Gasteiger partial charge in [-0.15, -0.1) is 11.8 Å². The van der Waals surface area contributed by atoms with Crippen LogP contribution in [-0.4, -0.2) is 17.0 Å². The number of allylic oxidation sites excluding steroid dienone is 1. The Labute approximate surface area is 57.8 Å². The van der Waals surface area contributed by atoms with Crippen LogP contribution in [0.2, 0.25) is 0 Å². The lowest BCUT2D eigenvalue weighted by molar-refractivity contribution is 1.08. The molecule has 2 radical (unpaired) electrons. The van der Waals surface area contributed by atoms with Crippen molar-refractivity contribution < 1.29 is 0 Å². The maximum Gasteiger partial charge on any atom is 0.137 e. The van der Waals surface area contributed by atoms with E-state index in [0.29, 0.717) is 0 Å². The zero-order valence-corrected chi connectivity index (χ0v) is 5.43. The monoisotopic (exact) mass is 136 g/mol. The number of nitrogens with zero attached hydrogens (tertiary/aromatic N) is 2. The Morgan fingerprint density at radius 1 is 1.67 bits per heavy atom. The first-order chi connectivity index (χ1) is 4.47. The third-order valence-electron chi connectivity index (χ3n) is 1.18. The zero-order chi connectivity index (χ0) is 6.10. The zero-order valence-electron chi connectivity index (χ0n) is 4.61. The third-order valence-corrected chi connectivity index (χ3v) is 2.03. The van der Waals surface area contributed by atoms with E-state index in [4.69, 9.17) is 0 Å². The van der Waals surface area contributed by atoms with Gasteiger partial charge in [0.2, 0.25) is 0 Å². The summed E-state index contributed by atoms with van der Waals surface area (Å²) in [7, 11) is 0. The van der Waals surface area contributed by atoms with E-state index in [1.54, 1.807) is 18.0 Å². The van der Waals surface area contributed by atoms with Gasteiger partial charge < -0.3 is 0 Å². The number of hydrogen-bond donors (Lipinski definition) is 0. The van der Waals surface area contributed by atoms with Crippen LogP contribution in [0.25, 0.3) is 0 Å². The molecule has 0 spiro atoms. The van der Waals surface area contributed by atoms with Crippen LogP contribution in [0.15, 0.2) is 21.8 Å². The highest BCUT2D eigenvalue weighted by Crippen LogP contribution is 2.28. The van der Waals surface area contributed by atoms with E-state index in [-0.39, 0.29) is 5.25 Å². The largest absolute Gasteiger partial charge is 0.279 e. The number of thioether (sulfide) groups is 1. The molecule has 0 aromatic rings. The molecule has 2 aliphatic rings. The molecule has 0 aliphatic carbocycles. The fourth-order valence-electron chi connectivity index (χ4n) is 0.741. The normalized spacial score (nSPS) is 30.2. The Hall–Kier alpha value is -0.570. The fraction of sp³-hybridized carbons (Fsp3) is 0.167. The lowest BCUT2D eigenvalue weighted by Gasteiger charge is -2.06. The average Bonchev–Trinajstić information content (AvgIpc) is 2.33. The predicted octanol–water partition coefficient (Wildman–Crippen LogP) is 1.14. The molecule has 0 N–H and O–H groups in total. The van der Waals surface area contributed by atoms with Crippen molar-refractivity contribution >= 4 is 23.5 Å². The second-order valence-corrected chi connectivity index (χ2v) is 2.70. The van der Waals surface area contributed by atoms with Gasteiger partial charge in [0.25, 0.3) is 0 Å². The van der Waals surface area contributed by atoms with Crippen molar-refractivity contribution in [1.82, 2.24) is 0 Å². The van der Waals surface area contributed by atoms with Crippen LogP contribution in [0.3, 0.4) is 0 Å². The lowest BCUT2D eigenvalue weighted by Crippen LogP contribution is -2.03. The van der Waals surface area contributed by atoms with Gasteiger partial charge in [0.05, 0.1) is 16.5 Å². The molecule has 0 bridgehead atoms. The van der Waals surface area contributed by atoms with E-state index >= 15 is 0 Å². The van der Waals surface area contributed by atoms with Crippen LogP contribution in [0.1, 0.15) is 0 Å². The smallest absolute Gasteiger partial charge is 0.137 e. The molecular weight excluding hydrogens is 132 g/mol. The summed E-state index contributed by atoms with van der Waals surface area (Å²) in [4.78, 5) is 7.97. The third kappa shape index (κ3) is 0.812. The molecule has 0 fully saturated rings. The quantitative estimate of drug-likeness (QED) is 0.490. The highest BCUT2D eigenvalue weighted by Gasteiger charge is 2.20. The fourth-order valence-corrected chi connectivity index (χ4v) is 1.45. The molecule has 2 nitrogen and oxygen atoms in total. The van der Waals surface area contributed by atoms with Crippen LogP contribution in [0.5, 0.6) is 0 Å². The van der Waals surface area contributed by atoms with Gasteiger partial charge in [-0.05, 0) is 6.08 Å². The van der Waals surface area contributed by atoms with E-state index in [2.05, 4.69) is 16.5 Å². The Morgan fingerprint density at radius 3 is 3.56 bits per heavy atom. The first-order valence-corrected chi connectivity index (χ1v) is 3.58. The van der Waals surface area contributed by atoms with Crippen molar-refractivity contribution in [2.75, 3.05) is 0 Å². The van der Waals surface area contributed by atoms with Gasteiger partial charge in [0.15, 0.2) is 0 Å². The minimum absolute atomic E-state index is 0.273. The number of rotatable bonds is 0. The van der Waals surface area contributed by atoms with E-state index in [9.17, 15) is 0 Å². The second kappa shape index (κ2) is 1.99. The van der Waals surface area contributed by atoms with E-state index in [0.717, 1.165) is 5.70 Å². The molecule has 0 saturated heterocycles. The maximum absolute atomic E-state index is 4.10. The first kappa shape index (κ1) is 5.23. The maximum atomic E-state index is 4.10. The molecule has 9 heavy (non-hydrogen) atoms. The Morgan fingerprint density at radius 2 is 2.67 bits per heavy atom. The Kier molecular flexibility index (Phi) is 1.16. The molecule has 1 atom stereocenters. The van der Waals surface area contributed by atoms with Gasteiger partial charge in [-0.25, -0.2) is 0 Å². The molecule has 1 unspecified atom stereocenters. The molecule has 0 aromatic carbocycles. The van der Waals surface area contributed by atoms with Crippen molar-refractivity contribution in [2.45, 2.75) is 5.25 Å². The summed E-state index contributed by atoms with van der Waals surface area (Å²) in [6.45, 7) is 2.92. The number of fused-ring (bicyclic) bond motifs is 1. The first-order valence-electron chi connectivity index (χ1n) is 2.63. The highest BCUT2D eigenvalue weighted by molar-refractivity contribution is 8.13. The second-order valence-electron chi connectivity index (χ2n) is 1.75. The van der Waals surface area contributed by atoms with Crippen LogP contribution in [0, 0.1) is 6.54 Å². The molecule has 2 heterocycles. The summed E-state index contributed by atoms with van der Waals surface area (Å²) in [6.07, 6.45) is 3.63. The lowest BCUT2D eigenvalue weighted by atomic mass is 10.2. The van der Waals surface area contributed by atoms with Crippen LogP contribution in [-0.2, 0) is 0 Å². The van der Waals surface area contributed by atoms with E-state index < -0.39 is 0 Å². The van der Waals surface area contributed by atoms with Crippen molar-refractivity contribution in [3.63, 3.8) is 0 Å². The van der Waals surface area contributed by atoms with Gasteiger partial charge in [-0.1, -0.05) is 0 Å². The van der Waals surface area contributed by atoms with Crippen molar-refractivity contribution in [1.29, 1.82) is 0 Å². The Balaban J connectivity index is 2.31. The summed E-state index contributed by atoms with van der Waals surface area (Å²) in [5, 5.41) is 0.273. The van der Waals surface area contributed by atoms with Crippen LogP contribution in [0.4, 0.5) is 0 Å². The summed E-state index contributed by atoms with van der Waals surface area (Å²) >= 11 is 1.64. The summed E-state index contributed by atoms with van der Waals surface area (Å²) in [5.74, 6) is 0. The van der Waals surface area contributed by atoms with E-state index in [1.807, 2.05) is 11.6 Å². The molecule has 2 aliphatic heterocycles. The number of hydrogen-bond acceptors (Lipinski definition) is 3. The summed E-state index contributed by atoms with van der Waals surface area (Å²) < 4.78 is 0. The van der Waals surface area contributed by atoms with Crippen molar-refractivity contribution in [3.8, 4) is 0 Å². The van der Waals surface area contributed by atoms with Gasteiger partial charge >= 0.3 is 0 Å². The van der Waals surface area contributed by atoms with Crippen molar-refractivity contribution in [2.24, 2.45) is 9.98 Å². The predicted molar refractivity (Wildman–Crippen MR) is 39.7 cm³/mol. The standard InChI is InChI=1S/C6H4N2S/c1-2-7-3-6-5(1)8-4-9-6/h1-2,4,6H. The van der Waals surface area contributed by atoms with Crippen LogP contribution >= 0.6 is 11.8 Å². The molecule has 44 valence electrons.